The first kappa shape index (κ1) is 12.5. The third-order valence-corrected chi connectivity index (χ3v) is 3.34. The van der Waals surface area contributed by atoms with Crippen molar-refractivity contribution < 1.29 is 9.84 Å². The predicted octanol–water partition coefficient (Wildman–Crippen LogP) is 2.29. The summed E-state index contributed by atoms with van der Waals surface area (Å²) >= 11 is 0. The SMILES string of the molecule is CCCOCC(O)C1CCCc2cccnc21. The average Bonchev–Trinajstić information content (AvgIpc) is 2.38. The summed E-state index contributed by atoms with van der Waals surface area (Å²) in [6, 6.07) is 4.09. The molecule has 0 aromatic carbocycles. The van der Waals surface area contributed by atoms with E-state index in [0.717, 1.165) is 38.0 Å². The quantitative estimate of drug-likeness (QED) is 0.796. The lowest BCUT2D eigenvalue weighted by atomic mass is 9.83. The fourth-order valence-corrected chi connectivity index (χ4v) is 2.48. The number of aryl methyl sites for hydroxylation is 1. The van der Waals surface area contributed by atoms with Gasteiger partial charge in [-0.2, -0.15) is 0 Å². The molecule has 94 valence electrons. The fourth-order valence-electron chi connectivity index (χ4n) is 2.48. The van der Waals surface area contributed by atoms with E-state index in [1.807, 2.05) is 12.3 Å². The second-order valence-corrected chi connectivity index (χ2v) is 4.69. The smallest absolute Gasteiger partial charge is 0.0857 e. The number of nitrogens with zero attached hydrogens (tertiary/aromatic N) is 1. The maximum atomic E-state index is 10.2. The van der Waals surface area contributed by atoms with Crippen LogP contribution in [0, 0.1) is 0 Å². The number of pyridine rings is 1. The molecule has 0 amide bonds. The highest BCUT2D eigenvalue weighted by Gasteiger charge is 2.27. The molecule has 1 N–H and O–H groups in total. The van der Waals surface area contributed by atoms with Crippen LogP contribution in [-0.2, 0) is 11.2 Å². The molecule has 0 radical (unpaired) electrons. The molecular formula is C14H21NO2. The van der Waals surface area contributed by atoms with E-state index in [1.54, 1.807) is 0 Å². The zero-order valence-corrected chi connectivity index (χ0v) is 10.4. The molecule has 17 heavy (non-hydrogen) atoms. The van der Waals surface area contributed by atoms with Crippen molar-refractivity contribution in [2.75, 3.05) is 13.2 Å². The average molecular weight is 235 g/mol. The Bertz CT molecular complexity index is 354. The zero-order chi connectivity index (χ0) is 12.1. The van der Waals surface area contributed by atoms with Gasteiger partial charge in [-0.25, -0.2) is 0 Å². The first-order valence-electron chi connectivity index (χ1n) is 6.52. The minimum atomic E-state index is -0.421. The summed E-state index contributed by atoms with van der Waals surface area (Å²) < 4.78 is 5.44. The van der Waals surface area contributed by atoms with Gasteiger partial charge in [-0.3, -0.25) is 4.98 Å². The monoisotopic (exact) mass is 235 g/mol. The van der Waals surface area contributed by atoms with Gasteiger partial charge in [0.1, 0.15) is 0 Å². The molecule has 2 unspecified atom stereocenters. The minimum Gasteiger partial charge on any atom is -0.390 e. The Balaban J connectivity index is 2.02. The molecule has 0 aliphatic heterocycles. The van der Waals surface area contributed by atoms with Gasteiger partial charge in [-0.15, -0.1) is 0 Å². The van der Waals surface area contributed by atoms with Crippen LogP contribution < -0.4 is 0 Å². The maximum Gasteiger partial charge on any atom is 0.0857 e. The molecule has 1 heterocycles. The lowest BCUT2D eigenvalue weighted by Crippen LogP contribution is -2.28. The van der Waals surface area contributed by atoms with Crippen LogP contribution in [0.2, 0.25) is 0 Å². The number of hydrogen-bond acceptors (Lipinski definition) is 3. The van der Waals surface area contributed by atoms with E-state index in [4.69, 9.17) is 4.74 Å². The molecular weight excluding hydrogens is 214 g/mol. The normalized spacial score (nSPS) is 20.9. The Morgan fingerprint density at radius 1 is 1.59 bits per heavy atom. The van der Waals surface area contributed by atoms with Crippen LogP contribution in [0.3, 0.4) is 0 Å². The molecule has 3 nitrogen and oxygen atoms in total. The third kappa shape index (κ3) is 3.05. The molecule has 1 aromatic rings. The molecule has 2 atom stereocenters. The largest absolute Gasteiger partial charge is 0.390 e. The van der Waals surface area contributed by atoms with E-state index >= 15 is 0 Å². The lowest BCUT2D eigenvalue weighted by molar-refractivity contribution is 0.0186. The Morgan fingerprint density at radius 2 is 2.47 bits per heavy atom. The number of rotatable bonds is 5. The summed E-state index contributed by atoms with van der Waals surface area (Å²) in [5.41, 5.74) is 2.37. The molecule has 1 aromatic heterocycles. The molecule has 1 aliphatic carbocycles. The van der Waals surface area contributed by atoms with Crippen LogP contribution in [0.5, 0.6) is 0 Å². The van der Waals surface area contributed by atoms with Crippen LogP contribution in [0.15, 0.2) is 18.3 Å². The van der Waals surface area contributed by atoms with Gasteiger partial charge in [0.25, 0.3) is 0 Å². The third-order valence-electron chi connectivity index (χ3n) is 3.34. The summed E-state index contributed by atoms with van der Waals surface area (Å²) in [6.07, 6.45) is 5.62. The van der Waals surface area contributed by atoms with Gasteiger partial charge in [0.05, 0.1) is 12.7 Å². The second kappa shape index (κ2) is 6.12. The van der Waals surface area contributed by atoms with Crippen LogP contribution in [0.1, 0.15) is 43.4 Å². The molecule has 3 heteroatoms. The van der Waals surface area contributed by atoms with E-state index in [-0.39, 0.29) is 5.92 Å². The summed E-state index contributed by atoms with van der Waals surface area (Å²) in [7, 11) is 0. The number of aliphatic hydroxyl groups is 1. The van der Waals surface area contributed by atoms with E-state index in [9.17, 15) is 5.11 Å². The van der Waals surface area contributed by atoms with Crippen molar-refractivity contribution in [3.8, 4) is 0 Å². The lowest BCUT2D eigenvalue weighted by Gasteiger charge is -2.28. The number of aromatic nitrogens is 1. The summed E-state index contributed by atoms with van der Waals surface area (Å²) in [6.45, 7) is 3.22. The Hall–Kier alpha value is -0.930. The number of fused-ring (bicyclic) bond motifs is 1. The fraction of sp³-hybridized carbons (Fsp3) is 0.643. The van der Waals surface area contributed by atoms with Gasteiger partial charge in [-0.05, 0) is 37.3 Å². The minimum absolute atomic E-state index is 0.150. The number of hydrogen-bond donors (Lipinski definition) is 1. The zero-order valence-electron chi connectivity index (χ0n) is 10.4. The highest BCUT2D eigenvalue weighted by Crippen LogP contribution is 2.32. The van der Waals surface area contributed by atoms with Gasteiger partial charge in [0.2, 0.25) is 0 Å². The van der Waals surface area contributed by atoms with Crippen molar-refractivity contribution in [1.29, 1.82) is 0 Å². The highest BCUT2D eigenvalue weighted by atomic mass is 16.5. The first-order valence-corrected chi connectivity index (χ1v) is 6.52. The highest BCUT2D eigenvalue weighted by molar-refractivity contribution is 5.26. The van der Waals surface area contributed by atoms with Crippen molar-refractivity contribution in [3.05, 3.63) is 29.6 Å². The van der Waals surface area contributed by atoms with Crippen LogP contribution in [0.4, 0.5) is 0 Å². The van der Waals surface area contributed by atoms with E-state index in [0.29, 0.717) is 6.61 Å². The number of aliphatic hydroxyl groups excluding tert-OH is 1. The summed E-state index contributed by atoms with van der Waals surface area (Å²) in [4.78, 5) is 4.43. The van der Waals surface area contributed by atoms with Gasteiger partial charge < -0.3 is 9.84 Å². The molecule has 0 saturated heterocycles. The van der Waals surface area contributed by atoms with Crippen LogP contribution in [-0.4, -0.2) is 29.4 Å². The van der Waals surface area contributed by atoms with Gasteiger partial charge >= 0.3 is 0 Å². The van der Waals surface area contributed by atoms with Gasteiger partial charge in [0.15, 0.2) is 0 Å². The predicted molar refractivity (Wildman–Crippen MR) is 67.0 cm³/mol. The molecule has 0 fully saturated rings. The van der Waals surface area contributed by atoms with Crippen molar-refractivity contribution in [1.82, 2.24) is 4.98 Å². The molecule has 0 saturated carbocycles. The standard InChI is InChI=1S/C14H21NO2/c1-2-9-17-10-13(16)12-7-3-5-11-6-4-8-15-14(11)12/h4,6,8,12-13,16H,2-3,5,7,9-10H2,1H3. The van der Waals surface area contributed by atoms with Crippen LogP contribution in [0.25, 0.3) is 0 Å². The first-order chi connectivity index (χ1) is 8.33. The van der Waals surface area contributed by atoms with Gasteiger partial charge in [-0.1, -0.05) is 13.0 Å². The summed E-state index contributed by atoms with van der Waals surface area (Å²) in [5.74, 6) is 0.150. The summed E-state index contributed by atoms with van der Waals surface area (Å²) in [5, 5.41) is 10.2. The van der Waals surface area contributed by atoms with Crippen molar-refractivity contribution >= 4 is 0 Å². The van der Waals surface area contributed by atoms with E-state index in [1.165, 1.54) is 5.56 Å². The Labute approximate surface area is 103 Å². The topological polar surface area (TPSA) is 42.4 Å². The second-order valence-electron chi connectivity index (χ2n) is 4.69. The number of ether oxygens (including phenoxy) is 1. The van der Waals surface area contributed by atoms with Crippen LogP contribution >= 0.6 is 0 Å². The maximum absolute atomic E-state index is 10.2. The molecule has 0 spiro atoms. The van der Waals surface area contributed by atoms with E-state index in [2.05, 4.69) is 18.0 Å². The van der Waals surface area contributed by atoms with Crippen molar-refractivity contribution in [2.45, 2.75) is 44.6 Å². The van der Waals surface area contributed by atoms with Crippen molar-refractivity contribution in [3.63, 3.8) is 0 Å². The Morgan fingerprint density at radius 3 is 3.29 bits per heavy atom. The molecule has 1 aliphatic rings. The van der Waals surface area contributed by atoms with Gasteiger partial charge in [0, 0.05) is 24.4 Å². The Kier molecular flexibility index (Phi) is 4.51. The molecule has 2 rings (SSSR count). The van der Waals surface area contributed by atoms with Crippen molar-refractivity contribution in [2.24, 2.45) is 0 Å². The van der Waals surface area contributed by atoms with E-state index < -0.39 is 6.10 Å². The molecule has 0 bridgehead atoms.